The second-order valence-electron chi connectivity index (χ2n) is 4.89. The Morgan fingerprint density at radius 2 is 2.18 bits per heavy atom. The van der Waals surface area contributed by atoms with Gasteiger partial charge in [-0.25, -0.2) is 9.37 Å². The van der Waals surface area contributed by atoms with Gasteiger partial charge in [-0.1, -0.05) is 6.92 Å². The summed E-state index contributed by atoms with van der Waals surface area (Å²) < 4.78 is 21.0. The quantitative estimate of drug-likeness (QED) is 0.741. The Morgan fingerprint density at radius 1 is 1.36 bits per heavy atom. The molecule has 0 saturated heterocycles. The molecule has 2 heterocycles. The van der Waals surface area contributed by atoms with Crippen LogP contribution in [0, 0.1) is 17.1 Å². The molecule has 1 aromatic carbocycles. The smallest absolute Gasteiger partial charge is 0.140 e. The molecule has 110 valence electrons. The molecule has 2 aromatic heterocycles. The molecule has 0 N–H and O–H groups in total. The summed E-state index contributed by atoms with van der Waals surface area (Å²) in [5.41, 5.74) is 1.79. The number of fused-ring (bicyclic) bond motifs is 1. The summed E-state index contributed by atoms with van der Waals surface area (Å²) in [4.78, 5) is 4.31. The molecular weight excluding hydrogens is 281 g/mol. The van der Waals surface area contributed by atoms with E-state index in [0.717, 1.165) is 5.52 Å². The van der Waals surface area contributed by atoms with Gasteiger partial charge in [-0.3, -0.25) is 4.57 Å². The van der Waals surface area contributed by atoms with Crippen LogP contribution in [0.15, 0.2) is 36.7 Å². The molecule has 0 amide bonds. The number of nitriles is 1. The van der Waals surface area contributed by atoms with Gasteiger partial charge in [-0.2, -0.15) is 5.26 Å². The molecule has 3 aromatic rings. The minimum Gasteiger partial charge on any atom is -0.497 e. The van der Waals surface area contributed by atoms with Crippen LogP contribution < -0.4 is 4.74 Å². The van der Waals surface area contributed by atoms with E-state index in [1.165, 1.54) is 6.07 Å². The average Bonchev–Trinajstić information content (AvgIpc) is 2.91. The summed E-state index contributed by atoms with van der Waals surface area (Å²) in [5, 5.41) is 9.87. The predicted octanol–water partition coefficient (Wildman–Crippen LogP) is 3.61. The Bertz CT molecular complexity index is 893. The minimum absolute atomic E-state index is 0.289. The summed E-state index contributed by atoms with van der Waals surface area (Å²) in [6, 6.07) is 8.82. The van der Waals surface area contributed by atoms with Crippen molar-refractivity contribution in [2.45, 2.75) is 13.3 Å². The highest BCUT2D eigenvalue weighted by Gasteiger charge is 2.14. The number of aryl methyl sites for hydroxylation is 1. The zero-order chi connectivity index (χ0) is 15.7. The van der Waals surface area contributed by atoms with E-state index >= 15 is 0 Å². The summed E-state index contributed by atoms with van der Waals surface area (Å²) in [7, 11) is 1.58. The first-order valence-electron chi connectivity index (χ1n) is 6.92. The van der Waals surface area contributed by atoms with E-state index < -0.39 is 0 Å². The van der Waals surface area contributed by atoms with Gasteiger partial charge in [0.25, 0.3) is 0 Å². The van der Waals surface area contributed by atoms with E-state index in [2.05, 4.69) is 11.1 Å². The van der Waals surface area contributed by atoms with Crippen molar-refractivity contribution in [3.8, 4) is 17.6 Å². The highest BCUT2D eigenvalue weighted by Crippen LogP contribution is 2.28. The average molecular weight is 295 g/mol. The first-order chi connectivity index (χ1) is 10.7. The Kier molecular flexibility index (Phi) is 3.51. The number of pyridine rings is 1. The molecule has 0 aliphatic carbocycles. The van der Waals surface area contributed by atoms with Crippen LogP contribution in [-0.4, -0.2) is 16.7 Å². The molecule has 3 rings (SSSR count). The fourth-order valence-corrected chi connectivity index (χ4v) is 2.50. The number of hydrogen-bond donors (Lipinski definition) is 0. The highest BCUT2D eigenvalue weighted by atomic mass is 19.1. The number of rotatable bonds is 3. The number of aromatic nitrogens is 2. The van der Waals surface area contributed by atoms with Crippen molar-refractivity contribution in [1.82, 2.24) is 9.55 Å². The van der Waals surface area contributed by atoms with Gasteiger partial charge in [0.2, 0.25) is 0 Å². The SMILES string of the molecule is CCc1cc2c(cc1F)c(C#N)cn2-c1cc(OC)ccn1. The van der Waals surface area contributed by atoms with Gasteiger partial charge in [0.15, 0.2) is 0 Å². The molecule has 0 unspecified atom stereocenters. The van der Waals surface area contributed by atoms with Gasteiger partial charge in [0, 0.05) is 23.8 Å². The Labute approximate surface area is 127 Å². The molecule has 0 saturated carbocycles. The fourth-order valence-electron chi connectivity index (χ4n) is 2.50. The lowest BCUT2D eigenvalue weighted by atomic mass is 10.1. The molecule has 0 bridgehead atoms. The maximum Gasteiger partial charge on any atom is 0.140 e. The van der Waals surface area contributed by atoms with Gasteiger partial charge in [0.05, 0.1) is 18.2 Å². The Hall–Kier alpha value is -2.87. The molecular formula is C17H14FN3O. The normalized spacial score (nSPS) is 10.6. The third kappa shape index (κ3) is 2.19. The molecule has 0 aliphatic heterocycles. The molecule has 5 heteroatoms. The van der Waals surface area contributed by atoms with E-state index in [9.17, 15) is 9.65 Å². The minimum atomic E-state index is -0.289. The zero-order valence-electron chi connectivity index (χ0n) is 12.3. The lowest BCUT2D eigenvalue weighted by molar-refractivity contribution is 0.414. The van der Waals surface area contributed by atoms with Crippen LogP contribution in [0.4, 0.5) is 4.39 Å². The molecule has 22 heavy (non-hydrogen) atoms. The van der Waals surface area contributed by atoms with Gasteiger partial charge in [-0.15, -0.1) is 0 Å². The molecule has 0 aliphatic rings. The number of hydrogen-bond acceptors (Lipinski definition) is 3. The second kappa shape index (κ2) is 5.49. The zero-order valence-corrected chi connectivity index (χ0v) is 12.3. The first-order valence-corrected chi connectivity index (χ1v) is 6.92. The van der Waals surface area contributed by atoms with E-state index in [-0.39, 0.29) is 5.82 Å². The molecule has 0 fully saturated rings. The van der Waals surface area contributed by atoms with Crippen molar-refractivity contribution in [2.24, 2.45) is 0 Å². The van der Waals surface area contributed by atoms with E-state index in [0.29, 0.717) is 34.5 Å². The molecule has 0 radical (unpaired) electrons. The molecule has 0 atom stereocenters. The van der Waals surface area contributed by atoms with Crippen molar-refractivity contribution < 1.29 is 9.13 Å². The van der Waals surface area contributed by atoms with Crippen molar-refractivity contribution in [3.63, 3.8) is 0 Å². The maximum atomic E-state index is 14.0. The summed E-state index contributed by atoms with van der Waals surface area (Å²) >= 11 is 0. The number of benzene rings is 1. The van der Waals surface area contributed by atoms with Gasteiger partial charge < -0.3 is 4.74 Å². The van der Waals surface area contributed by atoms with Crippen molar-refractivity contribution >= 4 is 10.9 Å². The summed E-state index contributed by atoms with van der Waals surface area (Å²) in [6.45, 7) is 1.90. The van der Waals surface area contributed by atoms with Crippen LogP contribution in [0.5, 0.6) is 5.75 Å². The fraction of sp³-hybridized carbons (Fsp3) is 0.176. The van der Waals surface area contributed by atoms with E-state index in [4.69, 9.17) is 4.74 Å². The number of nitrogens with zero attached hydrogens (tertiary/aromatic N) is 3. The second-order valence-corrected chi connectivity index (χ2v) is 4.89. The largest absolute Gasteiger partial charge is 0.497 e. The van der Waals surface area contributed by atoms with Gasteiger partial charge in [0.1, 0.15) is 23.5 Å². The van der Waals surface area contributed by atoms with Crippen molar-refractivity contribution in [2.75, 3.05) is 7.11 Å². The summed E-state index contributed by atoms with van der Waals surface area (Å²) in [6.07, 6.45) is 3.89. The summed E-state index contributed by atoms with van der Waals surface area (Å²) in [5.74, 6) is 1.01. The Balaban J connectivity index is 2.31. The standard InChI is InChI=1S/C17H14FN3O/c1-3-11-6-16-14(8-15(11)18)12(9-19)10-21(16)17-7-13(22-2)4-5-20-17/h4-8,10H,3H2,1-2H3. The van der Waals surface area contributed by atoms with Crippen LogP contribution in [0.25, 0.3) is 16.7 Å². The van der Waals surface area contributed by atoms with Crippen molar-refractivity contribution in [1.29, 1.82) is 5.26 Å². The lowest BCUT2D eigenvalue weighted by Gasteiger charge is -2.07. The van der Waals surface area contributed by atoms with Crippen LogP contribution in [0.2, 0.25) is 0 Å². The van der Waals surface area contributed by atoms with E-state index in [1.54, 1.807) is 42.3 Å². The highest BCUT2D eigenvalue weighted by molar-refractivity contribution is 5.88. The predicted molar refractivity (Wildman–Crippen MR) is 81.7 cm³/mol. The monoisotopic (exact) mass is 295 g/mol. The van der Waals surface area contributed by atoms with Crippen molar-refractivity contribution in [3.05, 3.63) is 53.6 Å². The number of methoxy groups -OCH3 is 1. The number of ether oxygens (including phenoxy) is 1. The van der Waals surface area contributed by atoms with E-state index in [1.807, 2.05) is 6.92 Å². The molecule has 4 nitrogen and oxygen atoms in total. The first kappa shape index (κ1) is 14.1. The lowest BCUT2D eigenvalue weighted by Crippen LogP contribution is -1.97. The topological polar surface area (TPSA) is 50.8 Å². The maximum absolute atomic E-state index is 14.0. The van der Waals surface area contributed by atoms with Gasteiger partial charge in [-0.05, 0) is 30.2 Å². The Morgan fingerprint density at radius 3 is 2.86 bits per heavy atom. The van der Waals surface area contributed by atoms with Crippen LogP contribution in [0.1, 0.15) is 18.1 Å². The molecule has 0 spiro atoms. The van der Waals surface area contributed by atoms with Crippen LogP contribution in [-0.2, 0) is 6.42 Å². The number of halogens is 1. The third-order valence-electron chi connectivity index (χ3n) is 3.67. The third-order valence-corrected chi connectivity index (χ3v) is 3.67. The van der Waals surface area contributed by atoms with Gasteiger partial charge >= 0.3 is 0 Å². The van der Waals surface area contributed by atoms with Crippen LogP contribution >= 0.6 is 0 Å². The van der Waals surface area contributed by atoms with Crippen LogP contribution in [0.3, 0.4) is 0 Å².